The lowest BCUT2D eigenvalue weighted by Crippen LogP contribution is -2.70. The highest BCUT2D eigenvalue weighted by Gasteiger charge is 2.76. The van der Waals surface area contributed by atoms with E-state index in [-0.39, 0.29) is 90.8 Å². The van der Waals surface area contributed by atoms with Crippen molar-refractivity contribution in [1.29, 1.82) is 0 Å². The minimum absolute atomic E-state index is 0.0147. The van der Waals surface area contributed by atoms with Crippen LogP contribution in [0, 0.1) is 28.6 Å². The summed E-state index contributed by atoms with van der Waals surface area (Å²) in [7, 11) is 1.80. The highest BCUT2D eigenvalue weighted by molar-refractivity contribution is 8.01. The van der Waals surface area contributed by atoms with Crippen LogP contribution >= 0.6 is 23.5 Å². The number of carbonyl (C=O) groups is 8. The third-order valence-corrected chi connectivity index (χ3v) is 20.7. The molecule has 0 spiro atoms. The average molecular weight is 1210 g/mol. The second kappa shape index (κ2) is 25.0. The standard InChI is InChI=1S/C58H73FN12O12S2/c1-30-23-38-37-15-12-33-24-36(72)18-19-55(33,2)57(37,59)40(73)25-56(38,3)58(30,83)53(82)63-20-8-6-5-7-9-42(75)67-44-49(77)71-45(52(80)81)32(29-85-50(44)71)28-84-22-21-62-41(74)17-16-39(51(78)79)66-48(76)31-10-13-35(14-11-31)70(4)27-34-26-64-47-43(65-34)46(60)68-54(61)69-47/h10-11,13-14,18-19,24,26,30,37-40,44,50,73,83H,5-9,12,15-17,20-23,25,27-29H2,1-4H3,(H,62,74)(H,63,82)(H,66,76)(H,67,75)(H,78,79)(H,80,81)(H4,60,61,64,68,69)/t30-,37?,38+,39+,40+,44-,50-,55+,56+,57+,58+/m1/s1. The smallest absolute Gasteiger partial charge is 0.352 e. The molecule has 11 atom stereocenters. The van der Waals surface area contributed by atoms with Gasteiger partial charge in [-0.25, -0.2) is 23.9 Å². The number of alkyl halides is 1. The van der Waals surface area contributed by atoms with Crippen molar-refractivity contribution in [3.63, 3.8) is 0 Å². The Labute approximate surface area is 498 Å². The van der Waals surface area contributed by atoms with Crippen molar-refractivity contribution in [2.75, 3.05) is 53.8 Å². The summed E-state index contributed by atoms with van der Waals surface area (Å²) in [4.78, 5) is 123. The van der Waals surface area contributed by atoms with E-state index in [1.54, 1.807) is 58.2 Å². The molecule has 85 heavy (non-hydrogen) atoms. The number of aromatic nitrogens is 4. The number of amides is 5. The van der Waals surface area contributed by atoms with E-state index in [0.717, 1.165) is 5.69 Å². The van der Waals surface area contributed by atoms with Gasteiger partial charge in [0.2, 0.25) is 17.8 Å². The molecule has 12 N–H and O–H groups in total. The molecule has 27 heteroatoms. The van der Waals surface area contributed by atoms with E-state index >= 15 is 4.39 Å². The number of nitrogens with zero attached hydrogens (tertiary/aromatic N) is 6. The zero-order chi connectivity index (χ0) is 61.3. The fourth-order valence-electron chi connectivity index (χ4n) is 13.8. The zero-order valence-corrected chi connectivity index (χ0v) is 49.4. The van der Waals surface area contributed by atoms with E-state index in [1.807, 2.05) is 4.90 Å². The molecular weight excluding hydrogens is 1140 g/mol. The molecule has 5 amide bonds. The summed E-state index contributed by atoms with van der Waals surface area (Å²) in [6.45, 7) is 6.08. The molecule has 2 aliphatic heterocycles. The lowest BCUT2D eigenvalue weighted by molar-refractivity contribution is -0.219. The normalized spacial score (nSPS) is 28.6. The third-order valence-electron chi connectivity index (χ3n) is 18.3. The first-order chi connectivity index (χ1) is 40.3. The van der Waals surface area contributed by atoms with Gasteiger partial charge in [0.1, 0.15) is 23.2 Å². The summed E-state index contributed by atoms with van der Waals surface area (Å²) in [5.41, 5.74) is 8.49. The molecule has 4 heterocycles. The molecule has 24 nitrogen and oxygen atoms in total. The van der Waals surface area contributed by atoms with E-state index < -0.39 is 93.1 Å². The van der Waals surface area contributed by atoms with Crippen LogP contribution in [0.4, 0.5) is 21.8 Å². The van der Waals surface area contributed by atoms with Crippen molar-refractivity contribution >= 4 is 99.4 Å². The number of carbonyl (C=O) groups excluding carboxylic acids is 6. The molecule has 1 saturated heterocycles. The van der Waals surface area contributed by atoms with Crippen LogP contribution in [0.5, 0.6) is 0 Å². The van der Waals surface area contributed by atoms with Gasteiger partial charge in [-0.3, -0.25) is 33.7 Å². The van der Waals surface area contributed by atoms with E-state index in [1.165, 1.54) is 46.8 Å². The molecule has 4 fully saturated rings. The number of rotatable bonds is 24. The molecule has 3 saturated carbocycles. The van der Waals surface area contributed by atoms with E-state index in [2.05, 4.69) is 41.2 Å². The number of thioether (sulfide) groups is 2. The first-order valence-electron chi connectivity index (χ1n) is 28.6. The van der Waals surface area contributed by atoms with Crippen molar-refractivity contribution in [2.45, 2.75) is 133 Å². The minimum atomic E-state index is -2.07. The Morgan fingerprint density at radius 2 is 1.71 bits per heavy atom. The Kier molecular flexibility index (Phi) is 18.3. The Bertz CT molecular complexity index is 3280. The van der Waals surface area contributed by atoms with Crippen molar-refractivity contribution < 1.29 is 63.2 Å². The SMILES string of the molecule is C[C@@H]1C[C@H]2C3CCC4=CC(=O)C=C[C@]4(C)[C@@]3(F)[C@@H](O)C[C@]2(C)[C@@]1(O)C(=O)NCCCCCCC(=O)N[C@@H]1C(=O)N2C(C(=O)O)=C(CSCCNC(=O)CC[C@H](NC(=O)c3ccc(N(C)Cc4cnc5nc(N)nc(N)c5n4)cc3)C(=O)O)CS[C@H]12. The predicted molar refractivity (Wildman–Crippen MR) is 315 cm³/mol. The van der Waals surface area contributed by atoms with Crippen molar-refractivity contribution in [2.24, 2.45) is 28.6 Å². The van der Waals surface area contributed by atoms with Gasteiger partial charge in [0.15, 0.2) is 34.0 Å². The average Bonchev–Trinajstić information content (AvgIpc) is 1.64. The lowest BCUT2D eigenvalue weighted by atomic mass is 9.44. The molecule has 3 aromatic rings. The molecule has 1 unspecified atom stereocenters. The molecule has 1 aromatic carbocycles. The Balaban J connectivity index is 0.649. The van der Waals surface area contributed by atoms with Crippen LogP contribution < -0.4 is 37.6 Å². The van der Waals surface area contributed by atoms with Gasteiger partial charge in [-0.05, 0) is 106 Å². The fraction of sp³-hybridized carbons (Fsp3) is 0.552. The maximum absolute atomic E-state index is 17.5. The number of fused-ring (bicyclic) bond motifs is 7. The number of hydrogen-bond donors (Lipinski definition) is 10. The highest BCUT2D eigenvalue weighted by Crippen LogP contribution is 2.70. The number of carboxylic acid groups (broad SMARTS) is 2. The van der Waals surface area contributed by atoms with Crippen molar-refractivity contribution in [3.8, 4) is 0 Å². The largest absolute Gasteiger partial charge is 0.480 e. The van der Waals surface area contributed by atoms with Crippen molar-refractivity contribution in [3.05, 3.63) is 76.8 Å². The maximum Gasteiger partial charge on any atom is 0.352 e. The third kappa shape index (κ3) is 11.9. The number of aliphatic hydroxyl groups excluding tert-OH is 1. The number of nitrogens with one attached hydrogen (secondary N) is 4. The lowest BCUT2D eigenvalue weighted by Gasteiger charge is -2.62. The zero-order valence-electron chi connectivity index (χ0n) is 47.8. The molecular formula is C58H73FN12O12S2. The van der Waals surface area contributed by atoms with Gasteiger partial charge in [0, 0.05) is 78.2 Å². The number of aliphatic hydroxyl groups is 2. The number of carboxylic acids is 2. The quantitative estimate of drug-likeness (QED) is 0.0455. The number of halogens is 1. The van der Waals surface area contributed by atoms with E-state index in [9.17, 15) is 58.8 Å². The van der Waals surface area contributed by atoms with Gasteiger partial charge in [-0.2, -0.15) is 21.7 Å². The predicted octanol–water partition coefficient (Wildman–Crippen LogP) is 3.19. The summed E-state index contributed by atoms with van der Waals surface area (Å²) < 4.78 is 17.5. The topological polar surface area (TPSA) is 376 Å². The van der Waals surface area contributed by atoms with Crippen molar-refractivity contribution in [1.82, 2.24) is 46.1 Å². The number of nitrogen functional groups attached to an aromatic ring is 2. The van der Waals surface area contributed by atoms with Gasteiger partial charge in [0.05, 0.1) is 24.5 Å². The Morgan fingerprint density at radius 1 is 0.965 bits per heavy atom. The number of aliphatic carboxylic acids is 2. The second-order valence-electron chi connectivity index (χ2n) is 23.5. The number of anilines is 3. The van der Waals surface area contributed by atoms with Gasteiger partial charge >= 0.3 is 11.9 Å². The highest BCUT2D eigenvalue weighted by atomic mass is 32.2. The summed E-state index contributed by atoms with van der Waals surface area (Å²) in [5, 5.41) is 54.2. The number of β-lactam (4-membered cyclic amide) rings is 1. The van der Waals surface area contributed by atoms with Gasteiger partial charge < -0.3 is 58.1 Å². The number of nitrogens with two attached hydrogens (primary N) is 2. The van der Waals surface area contributed by atoms with E-state index in [0.29, 0.717) is 85.4 Å². The number of benzene rings is 1. The monoisotopic (exact) mass is 1210 g/mol. The van der Waals surface area contributed by atoms with Crippen LogP contribution in [0.1, 0.15) is 107 Å². The van der Waals surface area contributed by atoms with Gasteiger partial charge in [-0.15, -0.1) is 11.8 Å². The molecule has 9 rings (SSSR count). The summed E-state index contributed by atoms with van der Waals surface area (Å²) in [6, 6.07) is 4.20. The molecule has 0 radical (unpaired) electrons. The molecule has 0 bridgehead atoms. The fourth-order valence-corrected chi connectivity index (χ4v) is 16.1. The van der Waals surface area contributed by atoms with Gasteiger partial charge in [-0.1, -0.05) is 38.3 Å². The molecule has 456 valence electrons. The summed E-state index contributed by atoms with van der Waals surface area (Å²) >= 11 is 2.68. The number of unbranched alkanes of at least 4 members (excludes halogenated alkanes) is 3. The number of ketones is 1. The second-order valence-corrected chi connectivity index (χ2v) is 25.7. The Hall–Kier alpha value is -7.23. The molecule has 2 aromatic heterocycles. The first-order valence-corrected chi connectivity index (χ1v) is 30.8. The summed E-state index contributed by atoms with van der Waals surface area (Å²) in [6.07, 6.45) is 7.71. The molecule has 4 aliphatic carbocycles. The minimum Gasteiger partial charge on any atom is -0.480 e. The molecule has 6 aliphatic rings. The maximum atomic E-state index is 17.5. The van der Waals surface area contributed by atoms with Crippen LogP contribution in [-0.4, -0.2) is 165 Å². The van der Waals surface area contributed by atoms with E-state index in [4.69, 9.17) is 11.5 Å². The Morgan fingerprint density at radius 3 is 2.44 bits per heavy atom. The first kappa shape index (κ1) is 62.3. The van der Waals surface area contributed by atoms with Gasteiger partial charge in [0.25, 0.3) is 17.7 Å². The number of allylic oxidation sites excluding steroid dienone is 4. The summed E-state index contributed by atoms with van der Waals surface area (Å²) in [5.74, 6) is -5.84. The van der Waals surface area contributed by atoms with Crippen LogP contribution in [0.2, 0.25) is 0 Å². The van der Waals surface area contributed by atoms with Crippen LogP contribution in [-0.2, 0) is 40.1 Å². The van der Waals surface area contributed by atoms with Crippen LogP contribution in [0.3, 0.4) is 0 Å². The van der Waals surface area contributed by atoms with Crippen LogP contribution in [0.25, 0.3) is 11.2 Å². The van der Waals surface area contributed by atoms with Crippen LogP contribution in [0.15, 0.2) is 65.5 Å². The number of hydrogen-bond acceptors (Lipinski definition) is 19.